The molecule has 0 amide bonds. The van der Waals surface area contributed by atoms with E-state index >= 15 is 0 Å². The standard InChI is InChI=1S/C13H16FNO4S2/c1-2-21(18,19)11-8-20-7-6-15(11)12-9(13(16)17)4-3-5-10(12)14/h3-5,11H,2,6-8H2,1H3,(H,16,17). The molecule has 0 bridgehead atoms. The van der Waals surface area contributed by atoms with Crippen LogP contribution in [0.1, 0.15) is 17.3 Å². The van der Waals surface area contributed by atoms with Crippen molar-refractivity contribution >= 4 is 33.3 Å². The van der Waals surface area contributed by atoms with Gasteiger partial charge in [0.2, 0.25) is 0 Å². The van der Waals surface area contributed by atoms with E-state index in [0.29, 0.717) is 18.1 Å². The number of hydrogen-bond donors (Lipinski definition) is 1. The summed E-state index contributed by atoms with van der Waals surface area (Å²) >= 11 is 1.47. The van der Waals surface area contributed by atoms with Crippen LogP contribution in [0.25, 0.3) is 0 Å². The van der Waals surface area contributed by atoms with Crippen LogP contribution < -0.4 is 4.90 Å². The molecular formula is C13H16FNO4S2. The van der Waals surface area contributed by atoms with Crippen molar-refractivity contribution in [3.05, 3.63) is 29.6 Å². The summed E-state index contributed by atoms with van der Waals surface area (Å²) in [6.45, 7) is 1.84. The van der Waals surface area contributed by atoms with Gasteiger partial charge >= 0.3 is 5.97 Å². The third-order valence-electron chi connectivity index (χ3n) is 3.41. The summed E-state index contributed by atoms with van der Waals surface area (Å²) in [4.78, 5) is 12.7. The van der Waals surface area contributed by atoms with Crippen LogP contribution in [0.4, 0.5) is 10.1 Å². The lowest BCUT2D eigenvalue weighted by Crippen LogP contribution is -2.48. The molecular weight excluding hydrogens is 317 g/mol. The first-order valence-corrected chi connectivity index (χ1v) is 9.33. The zero-order valence-electron chi connectivity index (χ0n) is 11.5. The normalized spacial score (nSPS) is 19.5. The van der Waals surface area contributed by atoms with Gasteiger partial charge in [-0.05, 0) is 12.1 Å². The van der Waals surface area contributed by atoms with Gasteiger partial charge in [-0.1, -0.05) is 13.0 Å². The number of benzene rings is 1. The molecule has 1 unspecified atom stereocenters. The molecule has 1 fully saturated rings. The summed E-state index contributed by atoms with van der Waals surface area (Å²) in [6.07, 6.45) is 0. The minimum atomic E-state index is -3.43. The number of rotatable bonds is 4. The molecule has 21 heavy (non-hydrogen) atoms. The third kappa shape index (κ3) is 3.16. The minimum absolute atomic E-state index is 0.0639. The fraction of sp³-hybridized carbons (Fsp3) is 0.462. The zero-order valence-corrected chi connectivity index (χ0v) is 13.1. The Labute approximate surface area is 127 Å². The van der Waals surface area contributed by atoms with E-state index in [2.05, 4.69) is 0 Å². The van der Waals surface area contributed by atoms with E-state index in [1.807, 2.05) is 0 Å². The SMILES string of the molecule is CCS(=O)(=O)C1CSCCN1c1c(F)cccc1C(=O)O. The number of para-hydroxylation sites is 1. The minimum Gasteiger partial charge on any atom is -0.478 e. The van der Waals surface area contributed by atoms with Gasteiger partial charge in [0.25, 0.3) is 0 Å². The molecule has 1 aromatic rings. The fourth-order valence-corrected chi connectivity index (χ4v) is 5.28. The number of sulfone groups is 1. The van der Waals surface area contributed by atoms with Gasteiger partial charge in [0.05, 0.1) is 11.3 Å². The number of carbonyl (C=O) groups is 1. The van der Waals surface area contributed by atoms with E-state index in [1.54, 1.807) is 0 Å². The highest BCUT2D eigenvalue weighted by atomic mass is 32.2. The Balaban J connectivity index is 2.55. The van der Waals surface area contributed by atoms with E-state index in [-0.39, 0.29) is 17.0 Å². The predicted octanol–water partition coefficient (Wildman–Crippen LogP) is 1.84. The molecule has 0 aliphatic carbocycles. The number of halogens is 1. The first-order valence-electron chi connectivity index (χ1n) is 6.46. The Hall–Kier alpha value is -1.28. The van der Waals surface area contributed by atoms with E-state index in [9.17, 15) is 22.7 Å². The number of carboxylic acids is 1. The van der Waals surface area contributed by atoms with E-state index in [4.69, 9.17) is 0 Å². The van der Waals surface area contributed by atoms with Crippen molar-refractivity contribution in [2.24, 2.45) is 0 Å². The lowest BCUT2D eigenvalue weighted by Gasteiger charge is -2.37. The molecule has 0 radical (unpaired) electrons. The molecule has 1 atom stereocenters. The number of carboxylic acid groups (broad SMARTS) is 1. The highest BCUT2D eigenvalue weighted by Gasteiger charge is 2.36. The van der Waals surface area contributed by atoms with Crippen molar-refractivity contribution in [3.8, 4) is 0 Å². The van der Waals surface area contributed by atoms with Gasteiger partial charge in [-0.15, -0.1) is 0 Å². The quantitative estimate of drug-likeness (QED) is 0.906. The molecule has 0 saturated carbocycles. The first-order chi connectivity index (χ1) is 9.88. The molecule has 1 heterocycles. The Morgan fingerprint density at radius 1 is 1.52 bits per heavy atom. The maximum Gasteiger partial charge on any atom is 0.337 e. The molecule has 8 heteroatoms. The number of thioether (sulfide) groups is 1. The average molecular weight is 333 g/mol. The van der Waals surface area contributed by atoms with Gasteiger partial charge in [-0.2, -0.15) is 11.8 Å². The zero-order chi connectivity index (χ0) is 15.6. The number of hydrogen-bond acceptors (Lipinski definition) is 5. The lowest BCUT2D eigenvalue weighted by molar-refractivity contribution is 0.0697. The predicted molar refractivity (Wildman–Crippen MR) is 81.3 cm³/mol. The van der Waals surface area contributed by atoms with E-state index in [0.717, 1.165) is 6.07 Å². The van der Waals surface area contributed by atoms with Crippen molar-refractivity contribution in [1.82, 2.24) is 0 Å². The topological polar surface area (TPSA) is 74.7 Å². The summed E-state index contributed by atoms with van der Waals surface area (Å²) < 4.78 is 38.6. The molecule has 0 spiro atoms. The Kier molecular flexibility index (Phi) is 4.77. The van der Waals surface area contributed by atoms with Crippen LogP contribution in [-0.4, -0.2) is 48.7 Å². The molecule has 1 aliphatic heterocycles. The van der Waals surface area contributed by atoms with Crippen LogP contribution in [0.15, 0.2) is 18.2 Å². The molecule has 0 aromatic heterocycles. The first kappa shape index (κ1) is 16.1. The lowest BCUT2D eigenvalue weighted by atomic mass is 10.1. The number of anilines is 1. The summed E-state index contributed by atoms with van der Waals surface area (Å²) in [7, 11) is -3.43. The molecule has 2 rings (SSSR count). The van der Waals surface area contributed by atoms with Crippen LogP contribution in [0.3, 0.4) is 0 Å². The number of nitrogens with zero attached hydrogens (tertiary/aromatic N) is 1. The number of aromatic carboxylic acids is 1. The van der Waals surface area contributed by atoms with Gasteiger partial charge in [0.1, 0.15) is 11.2 Å². The van der Waals surface area contributed by atoms with Gasteiger partial charge in [-0.3, -0.25) is 0 Å². The molecule has 1 aliphatic rings. The van der Waals surface area contributed by atoms with E-state index < -0.39 is 27.0 Å². The molecule has 5 nitrogen and oxygen atoms in total. The van der Waals surface area contributed by atoms with Crippen LogP contribution >= 0.6 is 11.8 Å². The summed E-state index contributed by atoms with van der Waals surface area (Å²) in [5.74, 6) is -1.10. The van der Waals surface area contributed by atoms with Crippen molar-refractivity contribution < 1.29 is 22.7 Å². The molecule has 1 saturated heterocycles. The second kappa shape index (κ2) is 6.23. The maximum absolute atomic E-state index is 14.2. The summed E-state index contributed by atoms with van der Waals surface area (Å²) in [5.41, 5.74) is -0.342. The van der Waals surface area contributed by atoms with Crippen molar-refractivity contribution in [2.45, 2.75) is 12.3 Å². The second-order valence-corrected chi connectivity index (χ2v) is 8.21. The second-order valence-electron chi connectivity index (χ2n) is 4.62. The smallest absolute Gasteiger partial charge is 0.337 e. The van der Waals surface area contributed by atoms with Crippen LogP contribution in [0.5, 0.6) is 0 Å². The molecule has 1 N–H and O–H groups in total. The average Bonchev–Trinajstić information content (AvgIpc) is 2.47. The van der Waals surface area contributed by atoms with Gasteiger partial charge in [-0.25, -0.2) is 17.6 Å². The Morgan fingerprint density at radius 3 is 2.86 bits per heavy atom. The summed E-state index contributed by atoms with van der Waals surface area (Å²) in [6, 6.07) is 3.75. The van der Waals surface area contributed by atoms with E-state index in [1.165, 1.54) is 35.7 Å². The summed E-state index contributed by atoms with van der Waals surface area (Å²) in [5, 5.41) is 8.33. The molecule has 116 valence electrons. The third-order valence-corrected chi connectivity index (χ3v) is 6.69. The Morgan fingerprint density at radius 2 is 2.24 bits per heavy atom. The highest BCUT2D eigenvalue weighted by Crippen LogP contribution is 2.32. The highest BCUT2D eigenvalue weighted by molar-refractivity contribution is 8.01. The largest absolute Gasteiger partial charge is 0.478 e. The van der Waals surface area contributed by atoms with Gasteiger partial charge < -0.3 is 10.0 Å². The van der Waals surface area contributed by atoms with Crippen LogP contribution in [-0.2, 0) is 9.84 Å². The fourth-order valence-electron chi connectivity index (χ4n) is 2.31. The van der Waals surface area contributed by atoms with Crippen LogP contribution in [0, 0.1) is 5.82 Å². The van der Waals surface area contributed by atoms with Crippen molar-refractivity contribution in [1.29, 1.82) is 0 Å². The van der Waals surface area contributed by atoms with Crippen molar-refractivity contribution in [3.63, 3.8) is 0 Å². The van der Waals surface area contributed by atoms with Gasteiger partial charge in [0, 0.05) is 23.8 Å². The maximum atomic E-state index is 14.2. The van der Waals surface area contributed by atoms with Gasteiger partial charge in [0.15, 0.2) is 9.84 Å². The van der Waals surface area contributed by atoms with Crippen molar-refractivity contribution in [2.75, 3.05) is 28.7 Å². The Bertz CT molecular complexity index is 648. The molecule has 1 aromatic carbocycles. The van der Waals surface area contributed by atoms with Crippen LogP contribution in [0.2, 0.25) is 0 Å². The monoisotopic (exact) mass is 333 g/mol.